The van der Waals surface area contributed by atoms with Crippen LogP contribution >= 0.6 is 0 Å². The number of carbonyl (C=O) groups excluding carboxylic acids is 3. The molecule has 4 fully saturated rings. The Labute approximate surface area is 190 Å². The number of carbonyl (C=O) groups is 3. The molecule has 0 aromatic carbocycles. The number of ether oxygens (including phenoxy) is 2. The van der Waals surface area contributed by atoms with Gasteiger partial charge in [-0.25, -0.2) is 4.79 Å². The second-order valence-electron chi connectivity index (χ2n) is 11.9. The molecule has 180 valence electrons. The molecule has 2 saturated carbocycles. The van der Waals surface area contributed by atoms with Crippen LogP contribution in [0.5, 0.6) is 0 Å². The van der Waals surface area contributed by atoms with Crippen molar-refractivity contribution in [2.24, 2.45) is 16.7 Å². The lowest BCUT2D eigenvalue weighted by atomic mass is 9.45. The number of cyclic esters (lactones) is 1. The van der Waals surface area contributed by atoms with Crippen molar-refractivity contribution < 1.29 is 33.4 Å². The molecule has 0 radical (unpaired) electrons. The second-order valence-corrected chi connectivity index (χ2v) is 16.7. The first-order valence-electron chi connectivity index (χ1n) is 11.6. The minimum atomic E-state index is -2.09. The van der Waals surface area contributed by atoms with Crippen molar-refractivity contribution >= 4 is 26.2 Å². The Bertz CT molecular complexity index is 850. The van der Waals surface area contributed by atoms with Gasteiger partial charge in [0.15, 0.2) is 8.32 Å². The van der Waals surface area contributed by atoms with Crippen LogP contribution in [0.15, 0.2) is 0 Å². The van der Waals surface area contributed by atoms with Gasteiger partial charge in [-0.05, 0) is 57.2 Å². The van der Waals surface area contributed by atoms with Crippen molar-refractivity contribution in [1.29, 1.82) is 0 Å². The Morgan fingerprint density at radius 3 is 2.47 bits per heavy atom. The highest BCUT2D eigenvalue weighted by Gasteiger charge is 2.79. The Morgan fingerprint density at radius 2 is 1.88 bits per heavy atom. The summed E-state index contributed by atoms with van der Waals surface area (Å²) in [6.45, 7) is 12.5. The van der Waals surface area contributed by atoms with Gasteiger partial charge in [0, 0.05) is 17.4 Å². The average Bonchev–Trinajstić information content (AvgIpc) is 3.08. The smallest absolute Gasteiger partial charge is 0.347 e. The molecule has 7 atom stereocenters. The van der Waals surface area contributed by atoms with Gasteiger partial charge in [0.2, 0.25) is 6.10 Å². The summed E-state index contributed by atoms with van der Waals surface area (Å²) in [5.74, 6) is -1.91. The fourth-order valence-electron chi connectivity index (χ4n) is 6.63. The van der Waals surface area contributed by atoms with Crippen molar-refractivity contribution in [1.82, 2.24) is 5.32 Å². The Hall–Kier alpha value is -1.45. The van der Waals surface area contributed by atoms with E-state index in [1.807, 2.05) is 0 Å². The fraction of sp³-hybridized carbons (Fsp3) is 0.870. The van der Waals surface area contributed by atoms with E-state index in [0.717, 1.165) is 0 Å². The quantitative estimate of drug-likeness (QED) is 0.484. The average molecular weight is 468 g/mol. The van der Waals surface area contributed by atoms with E-state index >= 15 is 0 Å². The highest BCUT2D eigenvalue weighted by Crippen LogP contribution is 2.68. The number of hydrogen-bond acceptors (Lipinski definition) is 7. The molecule has 2 aliphatic heterocycles. The van der Waals surface area contributed by atoms with Crippen molar-refractivity contribution in [3.63, 3.8) is 0 Å². The summed E-state index contributed by atoms with van der Waals surface area (Å²) in [6, 6.07) is -0.574. The summed E-state index contributed by atoms with van der Waals surface area (Å²) in [5, 5.41) is 13.8. The van der Waals surface area contributed by atoms with Gasteiger partial charge in [-0.1, -0.05) is 20.8 Å². The van der Waals surface area contributed by atoms with Crippen LogP contribution in [0.25, 0.3) is 0 Å². The lowest BCUT2D eigenvalue weighted by molar-refractivity contribution is -0.166. The van der Waals surface area contributed by atoms with Crippen LogP contribution in [-0.2, 0) is 28.3 Å². The van der Waals surface area contributed by atoms with Crippen LogP contribution in [0, 0.1) is 16.7 Å². The zero-order chi connectivity index (χ0) is 23.9. The summed E-state index contributed by atoms with van der Waals surface area (Å²) in [4.78, 5) is 39.0. The minimum Gasteiger partial charge on any atom is -0.466 e. The molecule has 2 heterocycles. The summed E-state index contributed by atoms with van der Waals surface area (Å²) in [7, 11) is -0.786. The predicted molar refractivity (Wildman–Crippen MR) is 118 cm³/mol. The SMILES string of the molecule is COC(=O)[C@H]1OC(=O)C23CCC(O[Si](C)(C)C(C)(C)C)CC12CCC1C3NC(=O)[C@@]1(C)O. The van der Waals surface area contributed by atoms with E-state index in [1.165, 1.54) is 14.0 Å². The lowest BCUT2D eigenvalue weighted by Gasteiger charge is -2.57. The summed E-state index contributed by atoms with van der Waals surface area (Å²) in [5.41, 5.74) is -3.46. The maximum Gasteiger partial charge on any atom is 0.347 e. The van der Waals surface area contributed by atoms with Crippen LogP contribution < -0.4 is 5.32 Å². The normalized spacial score (nSPS) is 43.6. The number of methoxy groups -OCH3 is 1. The monoisotopic (exact) mass is 467 g/mol. The number of hydrogen-bond donors (Lipinski definition) is 2. The first kappa shape index (κ1) is 23.7. The van der Waals surface area contributed by atoms with Crippen molar-refractivity contribution in [2.45, 2.75) is 102 Å². The maximum atomic E-state index is 13.5. The molecule has 0 bridgehead atoms. The number of amides is 1. The van der Waals surface area contributed by atoms with Gasteiger partial charge in [-0.15, -0.1) is 0 Å². The van der Waals surface area contributed by atoms with Crippen molar-refractivity contribution in [2.75, 3.05) is 7.11 Å². The standard InChI is InChI=1S/C23H37NO7Si/c1-20(2,3)32(6,7)31-13-8-11-23-15-14(21(4,28)18(26)24-15)9-10-22(23,12-13)16(17(25)29-5)30-19(23)27/h13-16,28H,8-12H2,1-7H3,(H,24,26)/t13?,14?,15?,16-,21+,22?,23?/m1/s1. The molecule has 0 spiro atoms. The molecule has 1 amide bonds. The minimum absolute atomic E-state index is 0.0265. The van der Waals surface area contributed by atoms with Crippen LogP contribution in [0.3, 0.4) is 0 Å². The molecule has 8 nitrogen and oxygen atoms in total. The van der Waals surface area contributed by atoms with Gasteiger partial charge in [-0.2, -0.15) is 0 Å². The molecule has 5 unspecified atom stereocenters. The zero-order valence-corrected chi connectivity index (χ0v) is 21.2. The molecule has 9 heteroatoms. The summed E-state index contributed by atoms with van der Waals surface area (Å²) < 4.78 is 17.6. The Morgan fingerprint density at radius 1 is 1.22 bits per heavy atom. The number of nitrogens with one attached hydrogen (secondary N) is 1. The van der Waals surface area contributed by atoms with E-state index in [0.29, 0.717) is 32.1 Å². The van der Waals surface area contributed by atoms with Gasteiger partial charge in [0.1, 0.15) is 5.60 Å². The number of fused-ring (bicyclic) bond motifs is 1. The molecular formula is C23H37NO7Si. The first-order valence-corrected chi connectivity index (χ1v) is 14.5. The number of rotatable bonds is 3. The highest BCUT2D eigenvalue weighted by molar-refractivity contribution is 6.74. The third-order valence-electron chi connectivity index (χ3n) is 9.42. The third-order valence-corrected chi connectivity index (χ3v) is 14.0. The summed E-state index contributed by atoms with van der Waals surface area (Å²) in [6.07, 6.45) is 1.42. The molecule has 4 aliphatic rings. The Balaban J connectivity index is 1.77. The number of esters is 2. The van der Waals surface area contributed by atoms with Crippen molar-refractivity contribution in [3.8, 4) is 0 Å². The van der Waals surface area contributed by atoms with Gasteiger partial charge < -0.3 is 24.3 Å². The van der Waals surface area contributed by atoms with Crippen LogP contribution in [0.1, 0.15) is 59.8 Å². The largest absolute Gasteiger partial charge is 0.466 e. The molecule has 2 aliphatic carbocycles. The van der Waals surface area contributed by atoms with Crippen molar-refractivity contribution in [3.05, 3.63) is 0 Å². The molecule has 2 saturated heterocycles. The molecule has 0 aromatic rings. The van der Waals surface area contributed by atoms with E-state index in [9.17, 15) is 19.5 Å². The van der Waals surface area contributed by atoms with E-state index in [2.05, 4.69) is 39.2 Å². The lowest BCUT2D eigenvalue weighted by Crippen LogP contribution is -2.66. The fourth-order valence-corrected chi connectivity index (χ4v) is 8.02. The maximum absolute atomic E-state index is 13.5. The number of aliphatic hydroxyl groups is 1. The molecule has 32 heavy (non-hydrogen) atoms. The van der Waals surface area contributed by atoms with Gasteiger partial charge >= 0.3 is 11.9 Å². The second kappa shape index (κ2) is 7.02. The summed E-state index contributed by atoms with van der Waals surface area (Å²) >= 11 is 0. The zero-order valence-electron chi connectivity index (χ0n) is 20.2. The predicted octanol–water partition coefficient (Wildman–Crippen LogP) is 2.29. The van der Waals surface area contributed by atoms with Gasteiger partial charge in [0.05, 0.1) is 18.6 Å². The van der Waals surface area contributed by atoms with Gasteiger partial charge in [0.25, 0.3) is 5.91 Å². The third kappa shape index (κ3) is 2.89. The highest BCUT2D eigenvalue weighted by atomic mass is 28.4. The van der Waals surface area contributed by atoms with E-state index in [-0.39, 0.29) is 11.1 Å². The van der Waals surface area contributed by atoms with Crippen LogP contribution in [0.2, 0.25) is 18.1 Å². The van der Waals surface area contributed by atoms with E-state index in [4.69, 9.17) is 13.9 Å². The molecule has 4 rings (SSSR count). The van der Waals surface area contributed by atoms with E-state index < -0.39 is 60.7 Å². The van der Waals surface area contributed by atoms with E-state index in [1.54, 1.807) is 0 Å². The van der Waals surface area contributed by atoms with Gasteiger partial charge in [-0.3, -0.25) is 9.59 Å². The molecular weight excluding hydrogens is 430 g/mol. The Kier molecular flexibility index (Phi) is 5.20. The topological polar surface area (TPSA) is 111 Å². The van der Waals surface area contributed by atoms with Crippen LogP contribution in [-0.4, -0.2) is 62.2 Å². The van der Waals surface area contributed by atoms with Crippen LogP contribution in [0.4, 0.5) is 0 Å². The first-order chi connectivity index (χ1) is 14.6. The molecule has 0 aromatic heterocycles. The molecule has 2 N–H and O–H groups in total.